The van der Waals surface area contributed by atoms with Gasteiger partial charge in [0, 0.05) is 12.0 Å². The summed E-state index contributed by atoms with van der Waals surface area (Å²) in [5.74, 6) is 4.30. The summed E-state index contributed by atoms with van der Waals surface area (Å²) in [5.41, 5.74) is 1.31. The van der Waals surface area contributed by atoms with Gasteiger partial charge in [-0.15, -0.1) is 0 Å². The molecule has 5 nitrogen and oxygen atoms in total. The number of amides is 1. The Balaban J connectivity index is 1.32. The fraction of sp³-hybridized carbons (Fsp3) is 0.708. The van der Waals surface area contributed by atoms with Gasteiger partial charge < -0.3 is 19.7 Å². The van der Waals surface area contributed by atoms with E-state index < -0.39 is 0 Å². The molecule has 4 aliphatic rings. The van der Waals surface area contributed by atoms with Crippen LogP contribution in [0.3, 0.4) is 0 Å². The molecule has 4 saturated carbocycles. The lowest BCUT2D eigenvalue weighted by Crippen LogP contribution is -3.14. The first-order valence-electron chi connectivity index (χ1n) is 11.3. The zero-order chi connectivity index (χ0) is 20.6. The number of carbonyl (C=O) groups excluding carboxylic acids is 1. The minimum absolute atomic E-state index is 0.0388. The largest absolute Gasteiger partial charge is 0.493 e. The molecule has 160 valence electrons. The number of hydrogen-bond acceptors (Lipinski definition) is 3. The van der Waals surface area contributed by atoms with Crippen LogP contribution in [-0.4, -0.2) is 45.3 Å². The molecule has 29 heavy (non-hydrogen) atoms. The molecular weight excluding hydrogens is 364 g/mol. The van der Waals surface area contributed by atoms with Gasteiger partial charge in [-0.05, 0) is 80.9 Å². The quantitative estimate of drug-likeness (QED) is 0.702. The highest BCUT2D eigenvalue weighted by Crippen LogP contribution is 2.55. The molecule has 1 aromatic rings. The lowest BCUT2D eigenvalue weighted by atomic mass is 9.53. The van der Waals surface area contributed by atoms with Crippen molar-refractivity contribution in [1.29, 1.82) is 0 Å². The van der Waals surface area contributed by atoms with Crippen molar-refractivity contribution in [1.82, 2.24) is 5.32 Å². The summed E-state index contributed by atoms with van der Waals surface area (Å²) in [7, 11) is 5.44. The Morgan fingerprint density at radius 2 is 1.69 bits per heavy atom. The van der Waals surface area contributed by atoms with Gasteiger partial charge in [0.2, 0.25) is 0 Å². The highest BCUT2D eigenvalue weighted by molar-refractivity contribution is 5.80. The van der Waals surface area contributed by atoms with Gasteiger partial charge in [-0.2, -0.15) is 0 Å². The van der Waals surface area contributed by atoms with Crippen molar-refractivity contribution in [2.24, 2.45) is 17.8 Å². The summed E-state index contributed by atoms with van der Waals surface area (Å²) in [6.45, 7) is 2.98. The lowest BCUT2D eigenvalue weighted by molar-refractivity contribution is -0.894. The van der Waals surface area contributed by atoms with E-state index in [0.29, 0.717) is 0 Å². The Bertz CT molecular complexity index is 712. The van der Waals surface area contributed by atoms with E-state index in [4.69, 9.17) is 9.47 Å². The van der Waals surface area contributed by atoms with Gasteiger partial charge in [0.15, 0.2) is 17.5 Å². The minimum atomic E-state index is -0.0388. The van der Waals surface area contributed by atoms with Crippen molar-refractivity contribution in [2.75, 3.05) is 27.8 Å². The second kappa shape index (κ2) is 8.17. The molecule has 2 N–H and O–H groups in total. The number of ether oxygens (including phenoxy) is 2. The predicted octanol–water partition coefficient (Wildman–Crippen LogP) is 2.23. The van der Waals surface area contributed by atoms with E-state index in [9.17, 15) is 4.79 Å². The van der Waals surface area contributed by atoms with Gasteiger partial charge in [0.1, 0.15) is 0 Å². The molecule has 0 aliphatic heterocycles. The Morgan fingerprint density at radius 3 is 2.24 bits per heavy atom. The Labute approximate surface area is 175 Å². The first kappa shape index (κ1) is 20.5. The summed E-state index contributed by atoms with van der Waals surface area (Å²) in [6.07, 6.45) is 8.75. The average Bonchev–Trinajstić information content (AvgIpc) is 2.69. The van der Waals surface area contributed by atoms with Gasteiger partial charge in [0.25, 0.3) is 5.91 Å². The number of likely N-dealkylation sites (N-methyl/N-ethyl adjacent to an activating group) is 1. The van der Waals surface area contributed by atoms with E-state index in [1.807, 2.05) is 12.1 Å². The van der Waals surface area contributed by atoms with Crippen LogP contribution in [0.15, 0.2) is 18.2 Å². The highest BCUT2D eigenvalue weighted by Gasteiger charge is 2.52. The van der Waals surface area contributed by atoms with Crippen LogP contribution < -0.4 is 19.7 Å². The minimum Gasteiger partial charge on any atom is -0.493 e. The van der Waals surface area contributed by atoms with Crippen molar-refractivity contribution < 1.29 is 19.2 Å². The molecule has 5 rings (SSSR count). The third-order valence-electron chi connectivity index (χ3n) is 7.82. The lowest BCUT2D eigenvalue weighted by Gasteiger charge is -2.57. The molecule has 0 aromatic heterocycles. The smallest absolute Gasteiger partial charge is 0.278 e. The molecule has 5 heteroatoms. The molecule has 0 spiro atoms. The van der Waals surface area contributed by atoms with Gasteiger partial charge in [-0.25, -0.2) is 0 Å². The van der Waals surface area contributed by atoms with Crippen molar-refractivity contribution in [3.05, 3.63) is 23.8 Å². The van der Waals surface area contributed by atoms with E-state index in [-0.39, 0.29) is 17.5 Å². The SMILES string of the molecule is COc1ccc(CC[NH+](C)[C@@H](C)C(=O)NC23CC4CC(CC(C4)C2)C3)cc1OC. The van der Waals surface area contributed by atoms with Crippen LogP contribution in [0.1, 0.15) is 51.0 Å². The number of nitrogens with one attached hydrogen (secondary N) is 2. The van der Waals surface area contributed by atoms with E-state index in [1.165, 1.54) is 49.0 Å². The van der Waals surface area contributed by atoms with Crippen LogP contribution in [0, 0.1) is 17.8 Å². The first-order valence-corrected chi connectivity index (χ1v) is 11.3. The van der Waals surface area contributed by atoms with Crippen molar-refractivity contribution in [3.8, 4) is 11.5 Å². The first-order chi connectivity index (χ1) is 13.9. The van der Waals surface area contributed by atoms with Gasteiger partial charge in [0.05, 0.1) is 27.8 Å². The van der Waals surface area contributed by atoms with Crippen molar-refractivity contribution >= 4 is 5.91 Å². The molecule has 4 bridgehead atoms. The van der Waals surface area contributed by atoms with E-state index in [0.717, 1.165) is 42.2 Å². The normalized spacial score (nSPS) is 31.9. The molecule has 4 aliphatic carbocycles. The number of methoxy groups -OCH3 is 2. The van der Waals surface area contributed by atoms with Crippen LogP contribution >= 0.6 is 0 Å². The summed E-state index contributed by atoms with van der Waals surface area (Å²) >= 11 is 0. The molecule has 1 aromatic carbocycles. The summed E-state index contributed by atoms with van der Waals surface area (Å²) in [4.78, 5) is 14.3. The molecule has 0 radical (unpaired) electrons. The Hall–Kier alpha value is -1.75. The highest BCUT2D eigenvalue weighted by atomic mass is 16.5. The molecule has 1 unspecified atom stereocenters. The second-order valence-corrected chi connectivity index (χ2v) is 9.94. The zero-order valence-corrected chi connectivity index (χ0v) is 18.4. The maximum atomic E-state index is 13.1. The Kier molecular flexibility index (Phi) is 5.78. The van der Waals surface area contributed by atoms with E-state index in [2.05, 4.69) is 25.4 Å². The third-order valence-corrected chi connectivity index (χ3v) is 7.82. The summed E-state index contributed by atoms with van der Waals surface area (Å²) in [5, 5.41) is 3.54. The number of rotatable bonds is 8. The second-order valence-electron chi connectivity index (χ2n) is 9.94. The van der Waals surface area contributed by atoms with Gasteiger partial charge in [-0.1, -0.05) is 6.07 Å². The van der Waals surface area contributed by atoms with Crippen LogP contribution in [0.25, 0.3) is 0 Å². The van der Waals surface area contributed by atoms with Crippen LogP contribution in [0.4, 0.5) is 0 Å². The maximum absolute atomic E-state index is 13.1. The third kappa shape index (κ3) is 4.25. The molecule has 4 fully saturated rings. The van der Waals surface area contributed by atoms with Crippen LogP contribution in [0.2, 0.25) is 0 Å². The number of quaternary nitrogens is 1. The van der Waals surface area contributed by atoms with E-state index >= 15 is 0 Å². The van der Waals surface area contributed by atoms with Gasteiger partial charge >= 0.3 is 0 Å². The Morgan fingerprint density at radius 1 is 1.10 bits per heavy atom. The topological polar surface area (TPSA) is 52.0 Å². The fourth-order valence-electron chi connectivity index (χ4n) is 6.45. The summed E-state index contributed by atoms with van der Waals surface area (Å²) < 4.78 is 10.7. The molecule has 0 saturated heterocycles. The molecular formula is C24H37N2O3+. The number of hydrogen-bond donors (Lipinski definition) is 2. The standard InChI is InChI=1S/C24H36N2O3/c1-16(26(2)8-7-17-5-6-21(28-3)22(12-17)29-4)23(27)25-24-13-18-9-19(14-24)11-20(10-18)15-24/h5-6,12,16,18-20H,7-11,13-15H2,1-4H3,(H,25,27)/p+1/t16-,18?,19?,20?,24?/m0/s1. The number of carbonyl (C=O) groups is 1. The van der Waals surface area contributed by atoms with Gasteiger partial charge in [-0.3, -0.25) is 4.79 Å². The molecule has 1 amide bonds. The maximum Gasteiger partial charge on any atom is 0.278 e. The molecule has 0 heterocycles. The van der Waals surface area contributed by atoms with Crippen LogP contribution in [-0.2, 0) is 11.2 Å². The predicted molar refractivity (Wildman–Crippen MR) is 114 cm³/mol. The van der Waals surface area contributed by atoms with E-state index in [1.54, 1.807) is 14.2 Å². The van der Waals surface area contributed by atoms with Crippen LogP contribution in [0.5, 0.6) is 11.5 Å². The average molecular weight is 402 g/mol. The zero-order valence-electron chi connectivity index (χ0n) is 18.4. The fourth-order valence-corrected chi connectivity index (χ4v) is 6.45. The van der Waals surface area contributed by atoms with Crippen molar-refractivity contribution in [3.63, 3.8) is 0 Å². The number of benzene rings is 1. The summed E-state index contributed by atoms with van der Waals surface area (Å²) in [6, 6.07) is 6.02. The van der Waals surface area contributed by atoms with Crippen molar-refractivity contribution in [2.45, 2.75) is 63.5 Å². The monoisotopic (exact) mass is 401 g/mol. The molecule has 2 atom stereocenters.